The number of ketones is 1. The van der Waals surface area contributed by atoms with E-state index in [1.165, 1.54) is 13.0 Å². The second-order valence-electron chi connectivity index (χ2n) is 6.20. The Bertz CT molecular complexity index is 908. The molecule has 0 radical (unpaired) electrons. The van der Waals surface area contributed by atoms with Gasteiger partial charge in [0.15, 0.2) is 17.6 Å². The summed E-state index contributed by atoms with van der Waals surface area (Å²) in [5.74, 6) is 0.150. The summed E-state index contributed by atoms with van der Waals surface area (Å²) >= 11 is 0. The molecule has 0 saturated carbocycles. The van der Waals surface area contributed by atoms with E-state index in [2.05, 4.69) is 5.32 Å². The normalized spacial score (nSPS) is 12.8. The Morgan fingerprint density at radius 1 is 1.03 bits per heavy atom. The van der Waals surface area contributed by atoms with Gasteiger partial charge in [0.1, 0.15) is 12.3 Å². The van der Waals surface area contributed by atoms with Crippen molar-refractivity contribution >= 4 is 17.7 Å². The summed E-state index contributed by atoms with van der Waals surface area (Å²) in [6.45, 7) is 3.61. The molecule has 1 N–H and O–H groups in total. The third-order valence-electron chi connectivity index (χ3n) is 4.16. The van der Waals surface area contributed by atoms with E-state index in [0.29, 0.717) is 35.0 Å². The summed E-state index contributed by atoms with van der Waals surface area (Å²) < 4.78 is 20.9. The topological polar surface area (TPSA) is 100 Å². The lowest BCUT2D eigenvalue weighted by Gasteiger charge is -2.13. The van der Waals surface area contributed by atoms with Crippen LogP contribution in [0.4, 0.5) is 0 Å². The van der Waals surface area contributed by atoms with Gasteiger partial charge in [0, 0.05) is 11.1 Å². The van der Waals surface area contributed by atoms with Crippen molar-refractivity contribution in [3.8, 4) is 17.2 Å². The first-order valence-corrected chi connectivity index (χ1v) is 9.12. The first-order valence-electron chi connectivity index (χ1n) is 9.12. The molecule has 1 amide bonds. The Morgan fingerprint density at radius 3 is 2.45 bits per heavy atom. The summed E-state index contributed by atoms with van der Waals surface area (Å²) in [7, 11) is 0. The van der Waals surface area contributed by atoms with Crippen LogP contribution in [0.3, 0.4) is 0 Å². The Labute approximate surface area is 167 Å². The predicted molar refractivity (Wildman–Crippen MR) is 102 cm³/mol. The van der Waals surface area contributed by atoms with E-state index in [1.54, 1.807) is 36.4 Å². The highest BCUT2D eigenvalue weighted by Gasteiger charge is 2.21. The van der Waals surface area contributed by atoms with Crippen LogP contribution in [-0.2, 0) is 9.53 Å². The number of fused-ring (bicyclic) bond motifs is 1. The molecule has 8 heteroatoms. The predicted octanol–water partition coefficient (Wildman–Crippen LogP) is 2.36. The van der Waals surface area contributed by atoms with Crippen molar-refractivity contribution in [3.05, 3.63) is 53.6 Å². The number of carbonyl (C=O) groups excluding carboxylic acids is 3. The minimum Gasteiger partial charge on any atom is -0.494 e. The number of esters is 1. The van der Waals surface area contributed by atoms with Crippen molar-refractivity contribution in [2.45, 2.75) is 20.0 Å². The van der Waals surface area contributed by atoms with Crippen molar-refractivity contribution in [3.63, 3.8) is 0 Å². The number of ether oxygens (including phenoxy) is 4. The van der Waals surface area contributed by atoms with Crippen molar-refractivity contribution in [1.82, 2.24) is 5.32 Å². The highest BCUT2D eigenvalue weighted by molar-refractivity contribution is 6.00. The van der Waals surface area contributed by atoms with Gasteiger partial charge in [-0.15, -0.1) is 0 Å². The van der Waals surface area contributed by atoms with Gasteiger partial charge < -0.3 is 24.3 Å². The molecule has 0 fully saturated rings. The zero-order valence-corrected chi connectivity index (χ0v) is 16.1. The maximum atomic E-state index is 12.4. The molecule has 2 aromatic carbocycles. The number of nitrogens with one attached hydrogen (secondary N) is 1. The maximum absolute atomic E-state index is 12.4. The molecule has 29 heavy (non-hydrogen) atoms. The molecule has 2 aromatic rings. The van der Waals surface area contributed by atoms with E-state index < -0.39 is 18.0 Å². The third-order valence-corrected chi connectivity index (χ3v) is 4.16. The molecule has 1 atom stereocenters. The Morgan fingerprint density at radius 2 is 1.72 bits per heavy atom. The second-order valence-corrected chi connectivity index (χ2v) is 6.20. The van der Waals surface area contributed by atoms with E-state index >= 15 is 0 Å². The van der Waals surface area contributed by atoms with E-state index in [9.17, 15) is 14.4 Å². The van der Waals surface area contributed by atoms with Crippen LogP contribution in [0.5, 0.6) is 17.2 Å². The van der Waals surface area contributed by atoms with Gasteiger partial charge >= 0.3 is 5.97 Å². The number of benzene rings is 2. The molecule has 0 spiro atoms. The fourth-order valence-electron chi connectivity index (χ4n) is 2.70. The lowest BCUT2D eigenvalue weighted by Crippen LogP contribution is -2.34. The molecule has 0 aromatic heterocycles. The van der Waals surface area contributed by atoms with Crippen molar-refractivity contribution < 1.29 is 33.3 Å². The van der Waals surface area contributed by atoms with E-state index in [4.69, 9.17) is 18.9 Å². The Kier molecular flexibility index (Phi) is 6.33. The summed E-state index contributed by atoms with van der Waals surface area (Å²) in [5.41, 5.74) is 0.721. The van der Waals surface area contributed by atoms with Gasteiger partial charge in [-0.3, -0.25) is 14.4 Å². The smallest absolute Gasteiger partial charge is 0.326 e. The van der Waals surface area contributed by atoms with Crippen LogP contribution < -0.4 is 19.5 Å². The number of hydrogen-bond acceptors (Lipinski definition) is 7. The van der Waals surface area contributed by atoms with Crippen molar-refractivity contribution in [1.29, 1.82) is 0 Å². The summed E-state index contributed by atoms with van der Waals surface area (Å²) in [6, 6.07) is 11.3. The minimum atomic E-state index is -0.983. The van der Waals surface area contributed by atoms with Crippen LogP contribution in [-0.4, -0.2) is 43.7 Å². The summed E-state index contributed by atoms with van der Waals surface area (Å²) in [4.78, 5) is 36.6. The Balaban J connectivity index is 1.49. The van der Waals surface area contributed by atoms with Gasteiger partial charge in [-0.1, -0.05) is 0 Å². The SMILES string of the molecule is CCOc1ccc(C(=O)[C@H](C)OC(=O)CNC(=O)c2ccc3c(c2)OCO3)cc1. The van der Waals surface area contributed by atoms with Gasteiger partial charge in [0.2, 0.25) is 12.6 Å². The minimum absolute atomic E-state index is 0.104. The van der Waals surface area contributed by atoms with Crippen LogP contribution in [0.25, 0.3) is 0 Å². The summed E-state index contributed by atoms with van der Waals surface area (Å²) in [6.07, 6.45) is -0.983. The molecule has 152 valence electrons. The van der Waals surface area contributed by atoms with Crippen molar-refractivity contribution in [2.75, 3.05) is 19.9 Å². The first kappa shape index (κ1) is 20.2. The molecule has 3 rings (SSSR count). The van der Waals surface area contributed by atoms with E-state index in [1.807, 2.05) is 6.92 Å². The monoisotopic (exact) mass is 399 g/mol. The average molecular weight is 399 g/mol. The quantitative estimate of drug-likeness (QED) is 0.537. The first-order chi connectivity index (χ1) is 14.0. The number of rotatable bonds is 8. The van der Waals surface area contributed by atoms with E-state index in [-0.39, 0.29) is 19.1 Å². The molecular weight excluding hydrogens is 378 g/mol. The molecule has 0 saturated heterocycles. The largest absolute Gasteiger partial charge is 0.494 e. The van der Waals surface area contributed by atoms with Crippen molar-refractivity contribution in [2.24, 2.45) is 0 Å². The lowest BCUT2D eigenvalue weighted by molar-refractivity contribution is -0.145. The van der Waals surface area contributed by atoms with Crippen LogP contribution >= 0.6 is 0 Å². The molecule has 1 aliphatic heterocycles. The lowest BCUT2D eigenvalue weighted by atomic mass is 10.1. The highest BCUT2D eigenvalue weighted by Crippen LogP contribution is 2.32. The highest BCUT2D eigenvalue weighted by atomic mass is 16.7. The standard InChI is InChI=1S/C21H21NO7/c1-3-26-16-7-4-14(5-8-16)20(24)13(2)29-19(23)11-22-21(25)15-6-9-17-18(10-15)28-12-27-17/h4-10,13H,3,11-12H2,1-2H3,(H,22,25)/t13-/m0/s1. The van der Waals surface area contributed by atoms with Crippen LogP contribution in [0.15, 0.2) is 42.5 Å². The molecule has 0 aliphatic carbocycles. The number of carbonyl (C=O) groups is 3. The fourth-order valence-corrected chi connectivity index (χ4v) is 2.70. The molecule has 1 heterocycles. The van der Waals surface area contributed by atoms with Gasteiger partial charge in [0.25, 0.3) is 5.91 Å². The van der Waals surface area contributed by atoms with Gasteiger partial charge in [-0.2, -0.15) is 0 Å². The van der Waals surface area contributed by atoms with Gasteiger partial charge in [-0.05, 0) is 56.3 Å². The number of hydrogen-bond donors (Lipinski definition) is 1. The zero-order valence-electron chi connectivity index (χ0n) is 16.1. The van der Waals surface area contributed by atoms with Gasteiger partial charge in [-0.25, -0.2) is 0 Å². The molecule has 1 aliphatic rings. The number of amides is 1. The molecular formula is C21H21NO7. The zero-order chi connectivity index (χ0) is 20.8. The molecule has 8 nitrogen and oxygen atoms in total. The van der Waals surface area contributed by atoms with Crippen LogP contribution in [0.1, 0.15) is 34.6 Å². The van der Waals surface area contributed by atoms with Crippen LogP contribution in [0, 0.1) is 0 Å². The number of Topliss-reactive ketones (excluding diaryl/α,β-unsaturated/α-hetero) is 1. The molecule has 0 unspecified atom stereocenters. The molecule has 0 bridgehead atoms. The maximum Gasteiger partial charge on any atom is 0.326 e. The average Bonchev–Trinajstić information content (AvgIpc) is 3.20. The van der Waals surface area contributed by atoms with E-state index in [0.717, 1.165) is 0 Å². The second kappa shape index (κ2) is 9.09. The fraction of sp³-hybridized carbons (Fsp3) is 0.286. The summed E-state index contributed by atoms with van der Waals surface area (Å²) in [5, 5.41) is 2.46. The van der Waals surface area contributed by atoms with Crippen LogP contribution in [0.2, 0.25) is 0 Å². The van der Waals surface area contributed by atoms with Gasteiger partial charge in [0.05, 0.1) is 6.61 Å². The Hall–Kier alpha value is -3.55. The third kappa shape index (κ3) is 5.04.